The number of nitrogens with one attached hydrogen (secondary N) is 1. The molecule has 0 aliphatic carbocycles. The van der Waals surface area contributed by atoms with Crippen LogP contribution >= 0.6 is 0 Å². The Morgan fingerprint density at radius 3 is 2.78 bits per heavy atom. The van der Waals surface area contributed by atoms with Gasteiger partial charge in [0.1, 0.15) is 18.1 Å². The number of carbonyl (C=O) groups is 1. The second-order valence-electron chi connectivity index (χ2n) is 7.00. The summed E-state index contributed by atoms with van der Waals surface area (Å²) in [5.41, 5.74) is 1.04. The molecule has 0 bridgehead atoms. The highest BCUT2D eigenvalue weighted by Crippen LogP contribution is 2.31. The number of likely N-dealkylation sites (tertiary alicyclic amines) is 1. The molecule has 4 rings (SSSR count). The number of benzene rings is 1. The number of methoxy groups -OCH3 is 1. The van der Waals surface area contributed by atoms with Gasteiger partial charge in [0, 0.05) is 31.5 Å². The number of carbonyl (C=O) groups excluding carboxylic acids is 1. The van der Waals surface area contributed by atoms with Crippen LogP contribution in [0.2, 0.25) is 0 Å². The summed E-state index contributed by atoms with van der Waals surface area (Å²) in [4.78, 5) is 23.3. The molecule has 1 atom stereocenters. The minimum Gasteiger partial charge on any atom is -0.497 e. The molecule has 2 aromatic rings. The molecule has 27 heavy (non-hydrogen) atoms. The summed E-state index contributed by atoms with van der Waals surface area (Å²) >= 11 is 0. The van der Waals surface area contributed by atoms with Gasteiger partial charge in [0.2, 0.25) is 11.9 Å². The number of nitrogens with zero attached hydrogens (tertiary/aromatic N) is 3. The van der Waals surface area contributed by atoms with E-state index in [2.05, 4.69) is 15.3 Å². The van der Waals surface area contributed by atoms with E-state index in [9.17, 15) is 4.79 Å². The monoisotopic (exact) mass is 368 g/mol. The maximum Gasteiger partial charge on any atom is 0.229 e. The van der Waals surface area contributed by atoms with E-state index < -0.39 is 0 Å². The van der Waals surface area contributed by atoms with E-state index in [1.54, 1.807) is 25.6 Å². The highest BCUT2D eigenvalue weighted by atomic mass is 16.5. The molecule has 7 heteroatoms. The summed E-state index contributed by atoms with van der Waals surface area (Å²) in [5, 5.41) is 3.35. The SMILES string of the molecule is COc1ccc2c(c1)C[C@H](C(=O)N1CCC(Nc3ncccn3)CC1)CO2. The summed E-state index contributed by atoms with van der Waals surface area (Å²) in [6.45, 7) is 1.92. The van der Waals surface area contributed by atoms with Crippen molar-refractivity contribution < 1.29 is 14.3 Å². The third-order valence-corrected chi connectivity index (χ3v) is 5.23. The van der Waals surface area contributed by atoms with Crippen LogP contribution < -0.4 is 14.8 Å². The lowest BCUT2D eigenvalue weighted by atomic mass is 9.94. The van der Waals surface area contributed by atoms with E-state index in [1.165, 1.54) is 0 Å². The first-order valence-corrected chi connectivity index (χ1v) is 9.35. The average Bonchev–Trinajstić information content (AvgIpc) is 2.73. The van der Waals surface area contributed by atoms with Crippen LogP contribution in [0.5, 0.6) is 11.5 Å². The van der Waals surface area contributed by atoms with Gasteiger partial charge in [0.05, 0.1) is 13.0 Å². The smallest absolute Gasteiger partial charge is 0.229 e. The molecule has 0 radical (unpaired) electrons. The van der Waals surface area contributed by atoms with Crippen LogP contribution in [-0.2, 0) is 11.2 Å². The maximum absolute atomic E-state index is 13.0. The van der Waals surface area contributed by atoms with Gasteiger partial charge in [-0.3, -0.25) is 4.79 Å². The van der Waals surface area contributed by atoms with Crippen molar-refractivity contribution in [2.24, 2.45) is 5.92 Å². The molecule has 0 spiro atoms. The Hall–Kier alpha value is -2.83. The van der Waals surface area contributed by atoms with E-state index in [-0.39, 0.29) is 11.8 Å². The van der Waals surface area contributed by atoms with Gasteiger partial charge < -0.3 is 19.7 Å². The molecule has 142 valence electrons. The minimum atomic E-state index is -0.133. The fraction of sp³-hybridized carbons (Fsp3) is 0.450. The predicted molar refractivity (Wildman–Crippen MR) is 101 cm³/mol. The summed E-state index contributed by atoms with van der Waals surface area (Å²) in [6, 6.07) is 7.86. The van der Waals surface area contributed by atoms with Gasteiger partial charge in [0.15, 0.2) is 0 Å². The first-order valence-electron chi connectivity index (χ1n) is 9.35. The molecular weight excluding hydrogens is 344 g/mol. The quantitative estimate of drug-likeness (QED) is 0.891. The number of fused-ring (bicyclic) bond motifs is 1. The number of ether oxygens (including phenoxy) is 2. The van der Waals surface area contributed by atoms with Crippen molar-refractivity contribution in [2.45, 2.75) is 25.3 Å². The fourth-order valence-corrected chi connectivity index (χ4v) is 3.72. The molecule has 2 aliphatic rings. The van der Waals surface area contributed by atoms with Gasteiger partial charge in [-0.1, -0.05) is 0 Å². The Bertz CT molecular complexity index is 791. The Morgan fingerprint density at radius 2 is 2.04 bits per heavy atom. The molecule has 1 saturated heterocycles. The van der Waals surface area contributed by atoms with E-state index in [0.29, 0.717) is 25.0 Å². The van der Waals surface area contributed by atoms with Crippen LogP contribution in [0.4, 0.5) is 5.95 Å². The zero-order valence-electron chi connectivity index (χ0n) is 15.4. The van der Waals surface area contributed by atoms with Gasteiger partial charge in [0.25, 0.3) is 0 Å². The summed E-state index contributed by atoms with van der Waals surface area (Å²) < 4.78 is 11.1. The Balaban J connectivity index is 1.33. The van der Waals surface area contributed by atoms with Gasteiger partial charge in [-0.25, -0.2) is 9.97 Å². The first kappa shape index (κ1) is 17.6. The van der Waals surface area contributed by atoms with E-state index in [0.717, 1.165) is 43.0 Å². The van der Waals surface area contributed by atoms with Crippen LogP contribution in [0.15, 0.2) is 36.7 Å². The highest BCUT2D eigenvalue weighted by Gasteiger charge is 2.32. The molecule has 1 aromatic carbocycles. The molecule has 1 amide bonds. The maximum atomic E-state index is 13.0. The Morgan fingerprint density at radius 1 is 1.26 bits per heavy atom. The number of piperidine rings is 1. The number of amides is 1. The van der Waals surface area contributed by atoms with Crippen LogP contribution in [0, 0.1) is 5.92 Å². The zero-order chi connectivity index (χ0) is 18.6. The summed E-state index contributed by atoms with van der Waals surface area (Å²) in [5.74, 6) is 2.34. The molecule has 1 fully saturated rings. The second-order valence-corrected chi connectivity index (χ2v) is 7.00. The van der Waals surface area contributed by atoms with Gasteiger partial charge in [-0.2, -0.15) is 0 Å². The van der Waals surface area contributed by atoms with Crippen LogP contribution in [0.1, 0.15) is 18.4 Å². The summed E-state index contributed by atoms with van der Waals surface area (Å²) in [6.07, 6.45) is 5.93. The van der Waals surface area contributed by atoms with Crippen molar-refractivity contribution in [2.75, 3.05) is 32.1 Å². The lowest BCUT2D eigenvalue weighted by Crippen LogP contribution is -2.47. The van der Waals surface area contributed by atoms with Crippen molar-refractivity contribution in [3.63, 3.8) is 0 Å². The topological polar surface area (TPSA) is 76.6 Å². The van der Waals surface area contributed by atoms with Crippen LogP contribution in [-0.4, -0.2) is 53.6 Å². The minimum absolute atomic E-state index is 0.133. The lowest BCUT2D eigenvalue weighted by Gasteiger charge is -2.35. The molecule has 7 nitrogen and oxygen atoms in total. The van der Waals surface area contributed by atoms with Crippen molar-refractivity contribution in [1.29, 1.82) is 0 Å². The average molecular weight is 368 g/mol. The first-order chi connectivity index (χ1) is 13.2. The van der Waals surface area contributed by atoms with E-state index >= 15 is 0 Å². The number of hydrogen-bond acceptors (Lipinski definition) is 6. The largest absolute Gasteiger partial charge is 0.497 e. The molecule has 1 aromatic heterocycles. The lowest BCUT2D eigenvalue weighted by molar-refractivity contribution is -0.137. The third kappa shape index (κ3) is 3.97. The van der Waals surface area contributed by atoms with E-state index in [4.69, 9.17) is 9.47 Å². The van der Waals surface area contributed by atoms with Crippen molar-refractivity contribution >= 4 is 11.9 Å². The van der Waals surface area contributed by atoms with Crippen molar-refractivity contribution in [3.05, 3.63) is 42.2 Å². The van der Waals surface area contributed by atoms with Crippen LogP contribution in [0.3, 0.4) is 0 Å². The molecule has 1 N–H and O–H groups in total. The normalized spacial score (nSPS) is 19.7. The molecular formula is C20H24N4O3. The van der Waals surface area contributed by atoms with Crippen molar-refractivity contribution in [1.82, 2.24) is 14.9 Å². The standard InChI is InChI=1S/C20H24N4O3/c1-26-17-3-4-18-14(12-17)11-15(13-27-18)19(25)24-9-5-16(6-10-24)23-20-21-7-2-8-22-20/h2-4,7-8,12,15-16H,5-6,9-11,13H2,1H3,(H,21,22,23)/t15-/m0/s1. The number of anilines is 1. The Labute approximate surface area is 158 Å². The predicted octanol–water partition coefficient (Wildman–Crippen LogP) is 2.14. The highest BCUT2D eigenvalue weighted by molar-refractivity contribution is 5.80. The molecule has 0 unspecified atom stereocenters. The van der Waals surface area contributed by atoms with E-state index in [1.807, 2.05) is 23.1 Å². The van der Waals surface area contributed by atoms with Crippen molar-refractivity contribution in [3.8, 4) is 11.5 Å². The molecule has 0 saturated carbocycles. The summed E-state index contributed by atoms with van der Waals surface area (Å²) in [7, 11) is 1.65. The number of hydrogen-bond donors (Lipinski definition) is 1. The number of rotatable bonds is 4. The molecule has 3 heterocycles. The second kappa shape index (κ2) is 7.82. The number of aromatic nitrogens is 2. The zero-order valence-corrected chi connectivity index (χ0v) is 15.4. The van der Waals surface area contributed by atoms with Gasteiger partial charge in [-0.05, 0) is 49.1 Å². The fourth-order valence-electron chi connectivity index (χ4n) is 3.72. The molecule has 2 aliphatic heterocycles. The van der Waals surface area contributed by atoms with Gasteiger partial charge >= 0.3 is 0 Å². The van der Waals surface area contributed by atoms with Gasteiger partial charge in [-0.15, -0.1) is 0 Å². The van der Waals surface area contributed by atoms with Crippen LogP contribution in [0.25, 0.3) is 0 Å². The Kier molecular flexibility index (Phi) is 5.09. The third-order valence-electron chi connectivity index (χ3n) is 5.23.